The monoisotopic (exact) mass is 529 g/mol. The molecule has 0 aliphatic carbocycles. The van der Waals surface area contributed by atoms with Crippen molar-refractivity contribution in [1.82, 2.24) is 10.2 Å². The Bertz CT molecular complexity index is 540. The number of hydrogen-bond donors (Lipinski definition) is 2. The van der Waals surface area contributed by atoms with Crippen LogP contribution in [0.25, 0.3) is 0 Å². The Hall–Kier alpha value is -0.260. The van der Waals surface area contributed by atoms with Gasteiger partial charge >= 0.3 is 153 Å². The van der Waals surface area contributed by atoms with Crippen LogP contribution < -0.4 is 5.32 Å². The minimum atomic E-state index is -1.36. The van der Waals surface area contributed by atoms with Crippen LogP contribution in [0.15, 0.2) is 35.5 Å². The number of hydrogen-bond acceptors (Lipinski definition) is 5. The molecule has 1 atom stereocenters. The summed E-state index contributed by atoms with van der Waals surface area (Å²) < 4.78 is 3.53. The van der Waals surface area contributed by atoms with Gasteiger partial charge in [-0.05, 0) is 0 Å². The fourth-order valence-corrected chi connectivity index (χ4v) is 8.37. The number of aromatic hydroxyl groups is 1. The Morgan fingerprint density at radius 1 is 1.55 bits per heavy atom. The molecule has 0 amide bonds. The summed E-state index contributed by atoms with van der Waals surface area (Å²) in [5, 5.41) is 16.4. The third-order valence-corrected chi connectivity index (χ3v) is 10.9. The van der Waals surface area contributed by atoms with E-state index in [0.29, 0.717) is 9.61 Å². The summed E-state index contributed by atoms with van der Waals surface area (Å²) in [5.74, 6) is 0.280. The van der Waals surface area contributed by atoms with Gasteiger partial charge in [-0.15, -0.1) is 0 Å². The first kappa shape index (κ1) is 18.1. The van der Waals surface area contributed by atoms with E-state index >= 15 is 0 Å². The van der Waals surface area contributed by atoms with Crippen LogP contribution in [-0.4, -0.2) is 36.2 Å². The predicted octanol–water partition coefficient (Wildman–Crippen LogP) is 3.95. The summed E-state index contributed by atoms with van der Waals surface area (Å²) in [7, 11) is 0. The van der Waals surface area contributed by atoms with E-state index in [4.69, 9.17) is 0 Å². The molecule has 7 heteroatoms. The van der Waals surface area contributed by atoms with Gasteiger partial charge in [0.05, 0.1) is 0 Å². The van der Waals surface area contributed by atoms with Crippen LogP contribution in [0.2, 0.25) is 0 Å². The molecule has 0 radical (unpaired) electrons. The van der Waals surface area contributed by atoms with Gasteiger partial charge in [-0.1, -0.05) is 0 Å². The van der Waals surface area contributed by atoms with Crippen LogP contribution in [0, 0.1) is 4.91 Å². The second kappa shape index (κ2) is 9.14. The van der Waals surface area contributed by atoms with Crippen LogP contribution in [0.4, 0.5) is 5.69 Å². The quantitative estimate of drug-likeness (QED) is 0.193. The van der Waals surface area contributed by atoms with Gasteiger partial charge in [-0.2, -0.15) is 0 Å². The first-order chi connectivity index (χ1) is 10.6. The number of nitrogens with zero attached hydrogens (tertiary/aromatic N) is 2. The van der Waals surface area contributed by atoms with Gasteiger partial charge in [0.1, 0.15) is 0 Å². The van der Waals surface area contributed by atoms with Gasteiger partial charge in [0.25, 0.3) is 0 Å². The molecular weight excluding hydrogens is 508 g/mol. The van der Waals surface area contributed by atoms with Crippen molar-refractivity contribution < 1.29 is 5.11 Å². The molecule has 0 saturated heterocycles. The zero-order valence-electron chi connectivity index (χ0n) is 12.5. The molecule has 0 saturated carbocycles. The summed E-state index contributed by atoms with van der Waals surface area (Å²) >= 11 is 0.959. The van der Waals surface area contributed by atoms with Crippen molar-refractivity contribution in [2.45, 2.75) is 15.3 Å². The van der Waals surface area contributed by atoms with E-state index in [1.807, 2.05) is 0 Å². The molecule has 22 heavy (non-hydrogen) atoms. The fourth-order valence-electron chi connectivity index (χ4n) is 2.27. The SMILES string of the molecule is CC1C=CCN(CNCI)CI1Cc1cc(N=O)ccc1O. The van der Waals surface area contributed by atoms with Crippen molar-refractivity contribution in [3.8, 4) is 5.75 Å². The number of allylic oxidation sites excluding steroid dienone is 1. The predicted molar refractivity (Wildman–Crippen MR) is 108 cm³/mol. The summed E-state index contributed by atoms with van der Waals surface area (Å²) in [4.78, 5) is 13.1. The minimum absolute atomic E-state index is 0.280. The molecule has 2 rings (SSSR count). The number of phenols is 1. The molecule has 0 aromatic heterocycles. The van der Waals surface area contributed by atoms with Crippen LogP contribution >= 0.6 is 42.4 Å². The normalized spacial score (nSPS) is 20.8. The van der Waals surface area contributed by atoms with Crippen molar-refractivity contribution in [3.63, 3.8) is 0 Å². The third kappa shape index (κ3) is 5.14. The number of phenolic OH excluding ortho intramolecular Hbond substituents is 1. The summed E-state index contributed by atoms with van der Waals surface area (Å²) in [6.45, 7) is 4.15. The van der Waals surface area contributed by atoms with Crippen LogP contribution in [0.3, 0.4) is 0 Å². The first-order valence-electron chi connectivity index (χ1n) is 7.05. The molecule has 1 aliphatic rings. The number of rotatable bonds is 6. The zero-order chi connectivity index (χ0) is 15.9. The Kier molecular flexibility index (Phi) is 7.51. The topological polar surface area (TPSA) is 64.9 Å². The van der Waals surface area contributed by atoms with Gasteiger partial charge < -0.3 is 0 Å². The van der Waals surface area contributed by atoms with Crippen LogP contribution in [-0.2, 0) is 4.43 Å². The Balaban J connectivity index is 2.11. The fraction of sp³-hybridized carbons (Fsp3) is 0.467. The molecule has 2 N–H and O–H groups in total. The van der Waals surface area contributed by atoms with Crippen molar-refractivity contribution in [2.24, 2.45) is 5.18 Å². The van der Waals surface area contributed by atoms with E-state index in [1.54, 1.807) is 18.2 Å². The Morgan fingerprint density at radius 2 is 2.36 bits per heavy atom. The number of halogens is 2. The van der Waals surface area contributed by atoms with Gasteiger partial charge in [-0.3, -0.25) is 0 Å². The van der Waals surface area contributed by atoms with E-state index in [0.717, 1.165) is 32.3 Å². The standard InChI is InChI=1S/C15H21I2N3O2/c1-12-3-2-6-20(11-18-9-16)10-17(12)8-13-7-14(19-22)4-5-15(13)21/h2-5,7,12,18,21H,6,8-11H2,1H3. The molecule has 0 bridgehead atoms. The summed E-state index contributed by atoms with van der Waals surface area (Å²) in [6.07, 6.45) is 4.56. The van der Waals surface area contributed by atoms with Crippen LogP contribution in [0.1, 0.15) is 12.5 Å². The molecule has 1 aromatic carbocycles. The van der Waals surface area contributed by atoms with Gasteiger partial charge in [0.15, 0.2) is 0 Å². The molecule has 0 spiro atoms. The van der Waals surface area contributed by atoms with Crippen molar-refractivity contribution in [3.05, 3.63) is 40.8 Å². The van der Waals surface area contributed by atoms with Gasteiger partial charge in [-0.25, -0.2) is 0 Å². The Labute approximate surface area is 152 Å². The van der Waals surface area contributed by atoms with E-state index in [1.165, 1.54) is 0 Å². The molecule has 1 aliphatic heterocycles. The zero-order valence-corrected chi connectivity index (χ0v) is 16.8. The summed E-state index contributed by atoms with van der Waals surface area (Å²) in [6, 6.07) is 4.87. The molecule has 1 aromatic rings. The number of nitrogens with one attached hydrogen (secondary N) is 1. The van der Waals surface area contributed by atoms with Gasteiger partial charge in [0, 0.05) is 0 Å². The number of benzene rings is 1. The number of alkyl halides is 4. The Morgan fingerprint density at radius 3 is 3.09 bits per heavy atom. The van der Waals surface area contributed by atoms with E-state index in [9.17, 15) is 10.0 Å². The maximum atomic E-state index is 10.7. The van der Waals surface area contributed by atoms with Gasteiger partial charge in [0.2, 0.25) is 0 Å². The molecule has 1 heterocycles. The van der Waals surface area contributed by atoms with E-state index in [2.05, 4.69) is 57.1 Å². The van der Waals surface area contributed by atoms with E-state index < -0.39 is 19.8 Å². The first-order valence-corrected chi connectivity index (χ1v) is 12.9. The summed E-state index contributed by atoms with van der Waals surface area (Å²) in [5.41, 5.74) is 1.26. The molecule has 5 nitrogen and oxygen atoms in total. The number of nitroso groups, excluding NO2 is 1. The molecule has 1 unspecified atom stereocenters. The third-order valence-electron chi connectivity index (χ3n) is 3.49. The second-order valence-electron chi connectivity index (χ2n) is 5.16. The van der Waals surface area contributed by atoms with Crippen molar-refractivity contribution in [1.29, 1.82) is 0 Å². The molecule has 122 valence electrons. The van der Waals surface area contributed by atoms with Crippen molar-refractivity contribution in [2.75, 3.05) is 22.3 Å². The maximum absolute atomic E-state index is 10.7. The average Bonchev–Trinajstić information content (AvgIpc) is 2.69. The molecule has 0 fully saturated rings. The van der Waals surface area contributed by atoms with Crippen LogP contribution in [0.5, 0.6) is 5.75 Å². The second-order valence-corrected chi connectivity index (χ2v) is 12.2. The average molecular weight is 529 g/mol. The molecular formula is C15H21I2N3O2. The van der Waals surface area contributed by atoms with Crippen molar-refractivity contribution >= 4 is 48.1 Å². The van der Waals surface area contributed by atoms with E-state index in [-0.39, 0.29) is 5.75 Å².